The largest absolute Gasteiger partial charge is 0.360 e. The van der Waals surface area contributed by atoms with Crippen molar-refractivity contribution in [3.63, 3.8) is 0 Å². The minimum atomic E-state index is -0.696. The lowest BCUT2D eigenvalue weighted by molar-refractivity contribution is -0.161. The molecule has 0 unspecified atom stereocenters. The summed E-state index contributed by atoms with van der Waals surface area (Å²) < 4.78 is 5.93. The van der Waals surface area contributed by atoms with Crippen LogP contribution < -0.4 is 5.32 Å². The van der Waals surface area contributed by atoms with Crippen LogP contribution in [0.4, 0.5) is 5.69 Å². The Labute approximate surface area is 199 Å². The maximum Gasteiger partial charge on any atom is 0.250 e. The Hall–Kier alpha value is -3.14. The van der Waals surface area contributed by atoms with Crippen molar-refractivity contribution in [3.05, 3.63) is 64.7 Å². The van der Waals surface area contributed by atoms with Gasteiger partial charge in [0.2, 0.25) is 11.8 Å². The lowest BCUT2D eigenvalue weighted by atomic mass is 9.95. The monoisotopic (exact) mass is 466 g/mol. The number of carbonyl (C=O) groups is 3. The zero-order valence-electron chi connectivity index (χ0n) is 18.9. The Kier molecular flexibility index (Phi) is 8.26. The number of morpholine rings is 1. The van der Waals surface area contributed by atoms with Crippen molar-refractivity contribution in [1.29, 1.82) is 0 Å². The Morgan fingerprint density at radius 2 is 1.88 bits per heavy atom. The van der Waals surface area contributed by atoms with Gasteiger partial charge in [0.25, 0.3) is 0 Å². The number of anilines is 1. The van der Waals surface area contributed by atoms with Crippen LogP contribution in [0.15, 0.2) is 48.5 Å². The standard InChI is InChI=1S/C26H27ClN2O4/c1-4-7-23(17(2)30)29-24(15-12-19-8-5-6-9-22(19)28-18(3)31)26(33-16-25(29)32)20-10-13-21(27)14-11-20/h5-6,8-11,13-14,23-24,26H,4,7,16H2,1-3H3,(H,28,31)/t23-,24-,26+/m1/s1. The van der Waals surface area contributed by atoms with Gasteiger partial charge in [0.1, 0.15) is 18.8 Å². The molecule has 0 saturated carbocycles. The Balaban J connectivity index is 2.09. The predicted octanol–water partition coefficient (Wildman–Crippen LogP) is 4.38. The van der Waals surface area contributed by atoms with Gasteiger partial charge in [-0.25, -0.2) is 0 Å². The summed E-state index contributed by atoms with van der Waals surface area (Å²) in [7, 11) is 0. The van der Waals surface area contributed by atoms with Crippen molar-refractivity contribution in [2.24, 2.45) is 0 Å². The summed E-state index contributed by atoms with van der Waals surface area (Å²) in [4.78, 5) is 38.7. The number of halogens is 1. The number of nitrogens with one attached hydrogen (secondary N) is 1. The van der Waals surface area contributed by atoms with Crippen molar-refractivity contribution in [1.82, 2.24) is 4.90 Å². The van der Waals surface area contributed by atoms with Gasteiger partial charge in [-0.2, -0.15) is 0 Å². The van der Waals surface area contributed by atoms with Crippen molar-refractivity contribution < 1.29 is 19.1 Å². The van der Waals surface area contributed by atoms with E-state index in [1.54, 1.807) is 35.2 Å². The highest BCUT2D eigenvalue weighted by Gasteiger charge is 2.41. The number of hydrogen-bond donors (Lipinski definition) is 1. The van der Waals surface area contributed by atoms with E-state index in [0.29, 0.717) is 22.7 Å². The Bertz CT molecular complexity index is 1090. The molecule has 1 aliphatic heterocycles. The zero-order chi connectivity index (χ0) is 24.0. The van der Waals surface area contributed by atoms with Gasteiger partial charge in [0.05, 0.1) is 11.7 Å². The average molecular weight is 467 g/mol. The molecule has 3 rings (SSSR count). The van der Waals surface area contributed by atoms with Gasteiger partial charge in [-0.15, -0.1) is 0 Å². The number of benzene rings is 2. The van der Waals surface area contributed by atoms with Crippen molar-refractivity contribution in [3.8, 4) is 11.8 Å². The number of rotatable bonds is 6. The van der Waals surface area contributed by atoms with Gasteiger partial charge in [0, 0.05) is 17.5 Å². The molecule has 172 valence electrons. The van der Waals surface area contributed by atoms with E-state index >= 15 is 0 Å². The Morgan fingerprint density at radius 1 is 1.18 bits per heavy atom. The molecular weight excluding hydrogens is 440 g/mol. The molecular formula is C26H27ClN2O4. The summed E-state index contributed by atoms with van der Waals surface area (Å²) >= 11 is 6.06. The molecule has 2 amide bonds. The third-order valence-corrected chi connectivity index (χ3v) is 5.67. The molecule has 1 fully saturated rings. The van der Waals surface area contributed by atoms with E-state index in [2.05, 4.69) is 17.2 Å². The van der Waals surface area contributed by atoms with Crippen LogP contribution >= 0.6 is 11.6 Å². The van der Waals surface area contributed by atoms with Crippen LogP contribution in [0.2, 0.25) is 5.02 Å². The van der Waals surface area contributed by atoms with Gasteiger partial charge in [-0.05, 0) is 43.2 Å². The molecule has 0 bridgehead atoms. The molecule has 0 aromatic heterocycles. The normalized spacial score (nSPS) is 18.8. The molecule has 33 heavy (non-hydrogen) atoms. The molecule has 1 aliphatic rings. The number of ketones is 1. The summed E-state index contributed by atoms with van der Waals surface area (Å²) in [5.41, 5.74) is 1.99. The molecule has 7 heteroatoms. The molecule has 1 N–H and O–H groups in total. The van der Waals surface area contributed by atoms with Crippen LogP contribution in [0.1, 0.15) is 50.8 Å². The predicted molar refractivity (Wildman–Crippen MR) is 128 cm³/mol. The number of nitrogens with zero attached hydrogens (tertiary/aromatic N) is 1. The van der Waals surface area contributed by atoms with Crippen LogP contribution in [-0.2, 0) is 19.1 Å². The van der Waals surface area contributed by atoms with Crippen LogP contribution in [0, 0.1) is 11.8 Å². The van der Waals surface area contributed by atoms with Crippen LogP contribution in [0.25, 0.3) is 0 Å². The topological polar surface area (TPSA) is 75.7 Å². The summed E-state index contributed by atoms with van der Waals surface area (Å²) in [5.74, 6) is 5.72. The quantitative estimate of drug-likeness (QED) is 0.641. The van der Waals surface area contributed by atoms with Crippen molar-refractivity contribution in [2.75, 3.05) is 11.9 Å². The third-order valence-electron chi connectivity index (χ3n) is 5.42. The highest BCUT2D eigenvalue weighted by Crippen LogP contribution is 2.32. The van der Waals surface area contributed by atoms with E-state index in [1.807, 2.05) is 25.1 Å². The highest BCUT2D eigenvalue weighted by molar-refractivity contribution is 6.30. The minimum absolute atomic E-state index is 0.0904. The molecule has 6 nitrogen and oxygen atoms in total. The number of carbonyl (C=O) groups excluding carboxylic acids is 3. The first-order chi connectivity index (χ1) is 15.8. The summed E-state index contributed by atoms with van der Waals surface area (Å²) in [6.07, 6.45) is 0.722. The smallest absolute Gasteiger partial charge is 0.250 e. The first-order valence-electron chi connectivity index (χ1n) is 10.9. The summed E-state index contributed by atoms with van der Waals surface area (Å²) in [5, 5.41) is 3.35. The SMILES string of the molecule is CCC[C@H](C(C)=O)N1C(=O)CO[C@@H](c2ccc(Cl)cc2)[C@H]1C#Cc1ccccc1NC(C)=O. The second-order valence-electron chi connectivity index (χ2n) is 7.94. The molecule has 0 radical (unpaired) electrons. The molecule has 0 spiro atoms. The number of ether oxygens (including phenoxy) is 1. The van der Waals surface area contributed by atoms with Crippen molar-refractivity contribution in [2.45, 2.75) is 51.8 Å². The molecule has 0 aliphatic carbocycles. The van der Waals surface area contributed by atoms with E-state index in [1.165, 1.54) is 13.8 Å². The molecule has 2 aromatic rings. The second-order valence-corrected chi connectivity index (χ2v) is 8.38. The number of para-hydroxylation sites is 1. The van der Waals surface area contributed by atoms with Gasteiger partial charge >= 0.3 is 0 Å². The number of hydrogen-bond acceptors (Lipinski definition) is 4. The maximum atomic E-state index is 13.0. The fourth-order valence-corrected chi connectivity index (χ4v) is 4.05. The van der Waals surface area contributed by atoms with E-state index in [0.717, 1.165) is 12.0 Å². The second kappa shape index (κ2) is 11.1. The lowest BCUT2D eigenvalue weighted by Crippen LogP contribution is -2.56. The van der Waals surface area contributed by atoms with E-state index in [-0.39, 0.29) is 24.2 Å². The van der Waals surface area contributed by atoms with Gasteiger partial charge < -0.3 is 15.0 Å². The highest BCUT2D eigenvalue weighted by atomic mass is 35.5. The zero-order valence-corrected chi connectivity index (χ0v) is 19.7. The van der Waals surface area contributed by atoms with Gasteiger partial charge in [-0.1, -0.05) is 61.1 Å². The third kappa shape index (κ3) is 6.01. The average Bonchev–Trinajstić information content (AvgIpc) is 2.77. The number of Topliss-reactive ketones (excluding diaryl/α,β-unsaturated/α-hetero) is 1. The summed E-state index contributed by atoms with van der Waals surface area (Å²) in [6, 6.07) is 13.1. The van der Waals surface area contributed by atoms with Crippen molar-refractivity contribution >= 4 is 34.9 Å². The molecule has 1 saturated heterocycles. The van der Waals surface area contributed by atoms with Crippen LogP contribution in [0.5, 0.6) is 0 Å². The lowest BCUT2D eigenvalue weighted by Gasteiger charge is -2.42. The van der Waals surface area contributed by atoms with Gasteiger partial charge in [0.15, 0.2) is 5.78 Å². The fourth-order valence-electron chi connectivity index (χ4n) is 3.93. The number of amides is 2. The van der Waals surface area contributed by atoms with Crippen LogP contribution in [-0.4, -0.2) is 41.2 Å². The van der Waals surface area contributed by atoms with E-state index < -0.39 is 18.2 Å². The molecule has 3 atom stereocenters. The van der Waals surface area contributed by atoms with E-state index in [9.17, 15) is 14.4 Å². The first-order valence-corrected chi connectivity index (χ1v) is 11.3. The van der Waals surface area contributed by atoms with Crippen LogP contribution in [0.3, 0.4) is 0 Å². The van der Waals surface area contributed by atoms with E-state index in [4.69, 9.17) is 16.3 Å². The fraction of sp³-hybridized carbons (Fsp3) is 0.346. The molecule has 1 heterocycles. The summed E-state index contributed by atoms with van der Waals surface area (Å²) in [6.45, 7) is 4.76. The Morgan fingerprint density at radius 3 is 2.52 bits per heavy atom. The maximum absolute atomic E-state index is 13.0. The minimum Gasteiger partial charge on any atom is -0.360 e. The van der Waals surface area contributed by atoms with Gasteiger partial charge in [-0.3, -0.25) is 14.4 Å². The molecule has 2 aromatic carbocycles. The first kappa shape index (κ1) is 24.5.